The maximum atomic E-state index is 12.4. The van der Waals surface area contributed by atoms with Crippen molar-refractivity contribution < 1.29 is 23.6 Å². The van der Waals surface area contributed by atoms with Gasteiger partial charge >= 0.3 is 5.97 Å². The number of aromatic nitrogens is 3. The van der Waals surface area contributed by atoms with Crippen LogP contribution in [0.3, 0.4) is 0 Å². The Morgan fingerprint density at radius 2 is 1.97 bits per heavy atom. The van der Waals surface area contributed by atoms with E-state index in [-0.39, 0.29) is 11.9 Å². The van der Waals surface area contributed by atoms with E-state index in [2.05, 4.69) is 26.6 Å². The smallest absolute Gasteiger partial charge is 0.310 e. The molecular formula is C24H31N5O5. The number of aryl methyl sites for hydroxylation is 1. The van der Waals surface area contributed by atoms with Gasteiger partial charge in [0.2, 0.25) is 0 Å². The van der Waals surface area contributed by atoms with E-state index >= 15 is 0 Å². The van der Waals surface area contributed by atoms with Crippen molar-refractivity contribution in [2.75, 3.05) is 38.8 Å². The van der Waals surface area contributed by atoms with Gasteiger partial charge in [-0.05, 0) is 38.8 Å². The van der Waals surface area contributed by atoms with E-state index in [1.807, 2.05) is 26.0 Å². The highest BCUT2D eigenvalue weighted by Gasteiger charge is 2.29. The summed E-state index contributed by atoms with van der Waals surface area (Å²) in [6, 6.07) is 5.92. The summed E-state index contributed by atoms with van der Waals surface area (Å²) < 4.78 is 21.0. The summed E-state index contributed by atoms with van der Waals surface area (Å²) >= 11 is 0. The molecule has 0 bridgehead atoms. The van der Waals surface area contributed by atoms with Crippen LogP contribution in [0.5, 0.6) is 11.5 Å². The van der Waals surface area contributed by atoms with Crippen LogP contribution in [0.2, 0.25) is 0 Å². The summed E-state index contributed by atoms with van der Waals surface area (Å²) in [5.41, 5.74) is 3.33. The summed E-state index contributed by atoms with van der Waals surface area (Å²) in [5.74, 6) is 1.80. The Kier molecular flexibility index (Phi) is 7.46. The molecule has 1 N–H and O–H groups in total. The van der Waals surface area contributed by atoms with E-state index in [4.69, 9.17) is 23.8 Å². The van der Waals surface area contributed by atoms with Crippen LogP contribution in [0.1, 0.15) is 36.7 Å². The van der Waals surface area contributed by atoms with Crippen molar-refractivity contribution in [2.45, 2.75) is 39.8 Å². The largest absolute Gasteiger partial charge is 0.493 e. The lowest BCUT2D eigenvalue weighted by molar-refractivity contribution is -0.148. The summed E-state index contributed by atoms with van der Waals surface area (Å²) in [5, 5.41) is 12.1. The molecule has 0 aliphatic carbocycles. The average molecular weight is 470 g/mol. The highest BCUT2D eigenvalue weighted by Crippen LogP contribution is 2.35. The molecule has 1 aliphatic rings. The first-order valence-electron chi connectivity index (χ1n) is 11.5. The number of hydrogen-bond donors (Lipinski definition) is 1. The van der Waals surface area contributed by atoms with E-state index in [1.54, 1.807) is 14.2 Å². The first-order chi connectivity index (χ1) is 16.5. The minimum Gasteiger partial charge on any atom is -0.493 e. The van der Waals surface area contributed by atoms with E-state index in [0.29, 0.717) is 37.7 Å². The number of pyridine rings is 1. The maximum absolute atomic E-state index is 12.4. The zero-order chi connectivity index (χ0) is 24.1. The topological polar surface area (TPSA) is 112 Å². The number of anilines is 1. The molecule has 0 amide bonds. The van der Waals surface area contributed by atoms with Crippen molar-refractivity contribution in [1.82, 2.24) is 20.6 Å². The molecule has 34 heavy (non-hydrogen) atoms. The number of fused-ring (bicyclic) bond motifs is 1. The van der Waals surface area contributed by atoms with Crippen molar-refractivity contribution >= 4 is 22.7 Å². The van der Waals surface area contributed by atoms with Gasteiger partial charge in [0.05, 0.1) is 32.3 Å². The summed E-state index contributed by atoms with van der Waals surface area (Å²) in [6.07, 6.45) is 1.71. The van der Waals surface area contributed by atoms with Gasteiger partial charge in [-0.2, -0.15) is 0 Å². The molecule has 0 saturated carbocycles. The number of nitrogens with zero attached hydrogens (tertiary/aromatic N) is 4. The molecule has 0 spiro atoms. The minimum atomic E-state index is -0.165. The second-order valence-electron chi connectivity index (χ2n) is 8.31. The van der Waals surface area contributed by atoms with Crippen LogP contribution in [0, 0.1) is 12.8 Å². The number of piperidine rings is 1. The number of rotatable bonds is 9. The van der Waals surface area contributed by atoms with Crippen molar-refractivity contribution in [3.8, 4) is 11.5 Å². The summed E-state index contributed by atoms with van der Waals surface area (Å²) in [7, 11) is 3.23. The molecule has 0 radical (unpaired) electrons. The van der Waals surface area contributed by atoms with Crippen molar-refractivity contribution in [2.24, 2.45) is 5.92 Å². The first kappa shape index (κ1) is 23.7. The van der Waals surface area contributed by atoms with Crippen molar-refractivity contribution in [3.63, 3.8) is 0 Å². The number of carbonyl (C=O) groups is 1. The third kappa shape index (κ3) is 5.06. The number of benzene rings is 1. The fourth-order valence-electron chi connectivity index (χ4n) is 4.29. The van der Waals surface area contributed by atoms with Gasteiger partial charge in [0.25, 0.3) is 0 Å². The number of esters is 1. The summed E-state index contributed by atoms with van der Waals surface area (Å²) in [4.78, 5) is 19.6. The van der Waals surface area contributed by atoms with Gasteiger partial charge in [0, 0.05) is 43.2 Å². The van der Waals surface area contributed by atoms with E-state index in [1.165, 1.54) is 0 Å². The van der Waals surface area contributed by atoms with Gasteiger partial charge in [-0.25, -0.2) is 9.61 Å². The lowest BCUT2D eigenvalue weighted by atomic mass is 9.97. The number of nitrogens with one attached hydrogen (secondary N) is 1. The molecule has 1 aromatic carbocycles. The van der Waals surface area contributed by atoms with Crippen LogP contribution in [-0.2, 0) is 22.6 Å². The molecule has 10 heteroatoms. The predicted octanol–water partition coefficient (Wildman–Crippen LogP) is 3.01. The third-order valence-electron chi connectivity index (χ3n) is 6.07. The van der Waals surface area contributed by atoms with Gasteiger partial charge in [0.1, 0.15) is 17.2 Å². The zero-order valence-corrected chi connectivity index (χ0v) is 20.1. The number of hydrogen-bond acceptors (Lipinski definition) is 10. The second kappa shape index (κ2) is 10.7. The van der Waals surface area contributed by atoms with E-state index < -0.39 is 0 Å². The third-order valence-corrected chi connectivity index (χ3v) is 6.07. The van der Waals surface area contributed by atoms with Crippen LogP contribution >= 0.6 is 0 Å². The Morgan fingerprint density at radius 1 is 1.18 bits per heavy atom. The Balaban J connectivity index is 1.67. The van der Waals surface area contributed by atoms with Crippen molar-refractivity contribution in [1.29, 1.82) is 0 Å². The Bertz CT molecular complexity index is 1150. The maximum Gasteiger partial charge on any atom is 0.310 e. The normalized spacial score (nSPS) is 16.0. The standard InChI is InChI=1S/C24H31N5O5/c1-5-33-24(30)16-7-6-8-29(14-16)23-18(12-25-13-20-15(2)27-34-28-20)9-17-10-21(31-3)22(32-4)11-19(17)26-23/h9-11,16,25H,5-8,12-14H2,1-4H3/t16-/m0/s1. The van der Waals surface area contributed by atoms with E-state index in [9.17, 15) is 4.79 Å². The molecule has 182 valence electrons. The molecule has 1 saturated heterocycles. The molecule has 2 aromatic heterocycles. The van der Waals surface area contributed by atoms with Crippen molar-refractivity contribution in [3.05, 3.63) is 35.2 Å². The molecular weight excluding hydrogens is 438 g/mol. The average Bonchev–Trinajstić information content (AvgIpc) is 3.27. The molecule has 0 unspecified atom stereocenters. The molecule has 3 aromatic rings. The van der Waals surface area contributed by atoms with Gasteiger partial charge in [-0.1, -0.05) is 10.3 Å². The van der Waals surface area contributed by atoms with Gasteiger partial charge < -0.3 is 24.4 Å². The molecule has 1 atom stereocenters. The second-order valence-corrected chi connectivity index (χ2v) is 8.31. The zero-order valence-electron chi connectivity index (χ0n) is 20.1. The SMILES string of the molecule is CCOC(=O)[C@H]1CCCN(c2nc3cc(OC)c(OC)cc3cc2CNCc2nonc2C)C1. The van der Waals surface area contributed by atoms with Crippen LogP contribution < -0.4 is 19.7 Å². The van der Waals surface area contributed by atoms with E-state index in [0.717, 1.165) is 53.1 Å². The molecule has 4 rings (SSSR count). The predicted molar refractivity (Wildman–Crippen MR) is 126 cm³/mol. The number of carbonyl (C=O) groups excluding carboxylic acids is 1. The fourth-order valence-corrected chi connectivity index (χ4v) is 4.29. The highest BCUT2D eigenvalue weighted by molar-refractivity contribution is 5.85. The Labute approximate surface area is 198 Å². The summed E-state index contributed by atoms with van der Waals surface area (Å²) in [6.45, 7) is 6.55. The number of ether oxygens (including phenoxy) is 3. The lowest BCUT2D eigenvalue weighted by Gasteiger charge is -2.34. The Hall–Kier alpha value is -3.40. The van der Waals surface area contributed by atoms with Crippen LogP contribution in [0.25, 0.3) is 10.9 Å². The molecule has 3 heterocycles. The monoisotopic (exact) mass is 469 g/mol. The Morgan fingerprint density at radius 3 is 2.68 bits per heavy atom. The quantitative estimate of drug-likeness (QED) is 0.469. The minimum absolute atomic E-state index is 0.145. The fraction of sp³-hybridized carbons (Fsp3) is 0.500. The molecule has 10 nitrogen and oxygen atoms in total. The molecule has 1 fully saturated rings. The first-order valence-corrected chi connectivity index (χ1v) is 11.5. The van der Waals surface area contributed by atoms with Gasteiger partial charge in [-0.3, -0.25) is 4.79 Å². The molecule has 1 aliphatic heterocycles. The van der Waals surface area contributed by atoms with Crippen LogP contribution in [-0.4, -0.2) is 55.2 Å². The van der Waals surface area contributed by atoms with Gasteiger partial charge in [-0.15, -0.1) is 0 Å². The van der Waals surface area contributed by atoms with Gasteiger partial charge in [0.15, 0.2) is 11.5 Å². The lowest BCUT2D eigenvalue weighted by Crippen LogP contribution is -2.40. The highest BCUT2D eigenvalue weighted by atomic mass is 16.6. The number of methoxy groups -OCH3 is 2. The van der Waals surface area contributed by atoms with Crippen LogP contribution in [0.4, 0.5) is 5.82 Å². The van der Waals surface area contributed by atoms with Crippen LogP contribution in [0.15, 0.2) is 22.8 Å².